The summed E-state index contributed by atoms with van der Waals surface area (Å²) >= 11 is 1.32. The third kappa shape index (κ3) is 5.16. The minimum absolute atomic E-state index is 0.00144. The largest absolute Gasteiger partial charge is 0.497 e. The van der Waals surface area contributed by atoms with Crippen LogP contribution in [0.3, 0.4) is 0 Å². The van der Waals surface area contributed by atoms with Gasteiger partial charge in [0.15, 0.2) is 0 Å². The van der Waals surface area contributed by atoms with Crippen LogP contribution in [-0.2, 0) is 9.59 Å². The smallest absolute Gasteiger partial charge is 0.249 e. The molecule has 1 aliphatic heterocycles. The lowest BCUT2D eigenvalue weighted by Crippen LogP contribution is -2.45. The molecule has 162 valence electrons. The van der Waals surface area contributed by atoms with Crippen LogP contribution >= 0.6 is 11.3 Å². The third-order valence-electron chi connectivity index (χ3n) is 5.58. The van der Waals surface area contributed by atoms with E-state index in [-0.39, 0.29) is 17.7 Å². The summed E-state index contributed by atoms with van der Waals surface area (Å²) < 4.78 is 5.17. The van der Waals surface area contributed by atoms with Gasteiger partial charge in [-0.2, -0.15) is 0 Å². The van der Waals surface area contributed by atoms with E-state index in [9.17, 15) is 9.59 Å². The Labute approximate surface area is 181 Å². The summed E-state index contributed by atoms with van der Waals surface area (Å²) in [5, 5.41) is 12.3. The van der Waals surface area contributed by atoms with Crippen molar-refractivity contribution in [3.05, 3.63) is 24.3 Å². The minimum Gasteiger partial charge on any atom is -0.497 e. The monoisotopic (exact) mass is 430 g/mol. The average molecular weight is 431 g/mol. The molecular weight excluding hydrogens is 400 g/mol. The molecule has 0 spiro atoms. The number of nitrogens with zero attached hydrogens (tertiary/aromatic N) is 3. The van der Waals surface area contributed by atoms with Crippen molar-refractivity contribution in [2.24, 2.45) is 5.92 Å². The van der Waals surface area contributed by atoms with Crippen LogP contribution in [-0.4, -0.2) is 46.6 Å². The van der Waals surface area contributed by atoms with Crippen molar-refractivity contribution in [2.45, 2.75) is 58.4 Å². The maximum atomic E-state index is 13.0. The number of ether oxygens (including phenoxy) is 1. The van der Waals surface area contributed by atoms with Crippen molar-refractivity contribution in [1.82, 2.24) is 15.1 Å². The molecule has 1 saturated heterocycles. The summed E-state index contributed by atoms with van der Waals surface area (Å²) in [6.45, 7) is 4.82. The van der Waals surface area contributed by atoms with Gasteiger partial charge in [-0.1, -0.05) is 38.0 Å². The normalized spacial score (nSPS) is 17.0. The zero-order valence-electron chi connectivity index (χ0n) is 17.9. The maximum absolute atomic E-state index is 13.0. The van der Waals surface area contributed by atoms with E-state index in [1.807, 2.05) is 31.2 Å². The highest BCUT2D eigenvalue weighted by Gasteiger charge is 2.36. The first-order valence-electron chi connectivity index (χ1n) is 10.7. The number of amides is 2. The average Bonchev–Trinajstić information content (AvgIpc) is 3.44. The maximum Gasteiger partial charge on any atom is 0.249 e. The van der Waals surface area contributed by atoms with Gasteiger partial charge in [0.25, 0.3) is 0 Å². The SMILES string of the molecule is CCCCC(CC)C(=O)N1CCCC1C(=O)Nc1nnc(-c2ccc(OC)cc2)s1. The second kappa shape index (κ2) is 10.5. The first-order chi connectivity index (χ1) is 14.6. The van der Waals surface area contributed by atoms with Crippen LogP contribution in [0.1, 0.15) is 52.4 Å². The first kappa shape index (κ1) is 22.2. The van der Waals surface area contributed by atoms with Gasteiger partial charge in [-0.3, -0.25) is 14.9 Å². The number of methoxy groups -OCH3 is 1. The lowest BCUT2D eigenvalue weighted by Gasteiger charge is -2.27. The van der Waals surface area contributed by atoms with E-state index in [0.717, 1.165) is 48.4 Å². The Morgan fingerprint density at radius 1 is 1.27 bits per heavy atom. The van der Waals surface area contributed by atoms with E-state index in [4.69, 9.17) is 4.74 Å². The van der Waals surface area contributed by atoms with Crippen LogP contribution in [0.15, 0.2) is 24.3 Å². The van der Waals surface area contributed by atoms with Gasteiger partial charge in [0.2, 0.25) is 16.9 Å². The van der Waals surface area contributed by atoms with E-state index in [0.29, 0.717) is 18.1 Å². The summed E-state index contributed by atoms with van der Waals surface area (Å²) in [6.07, 6.45) is 5.34. The molecule has 1 N–H and O–H groups in total. The summed E-state index contributed by atoms with van der Waals surface area (Å²) in [5.74, 6) is 0.706. The zero-order chi connectivity index (χ0) is 21.5. The molecule has 2 aromatic rings. The molecule has 30 heavy (non-hydrogen) atoms. The standard InChI is InChI=1S/C22H30N4O3S/c1-4-6-8-15(5-2)21(28)26-14-7-9-18(26)19(27)23-22-25-24-20(30-22)16-10-12-17(29-3)13-11-16/h10-13,15,18H,4-9,14H2,1-3H3,(H,23,25,27). The van der Waals surface area contributed by atoms with E-state index in [1.165, 1.54) is 11.3 Å². The molecule has 2 heterocycles. The molecule has 1 aromatic carbocycles. The van der Waals surface area contributed by atoms with Gasteiger partial charge in [-0.25, -0.2) is 0 Å². The number of nitrogens with one attached hydrogen (secondary N) is 1. The molecule has 0 aliphatic carbocycles. The number of carbonyl (C=O) groups excluding carboxylic acids is 2. The fraction of sp³-hybridized carbons (Fsp3) is 0.545. The van der Waals surface area contributed by atoms with E-state index < -0.39 is 6.04 Å². The quantitative estimate of drug-likeness (QED) is 0.639. The Morgan fingerprint density at radius 2 is 2.03 bits per heavy atom. The molecule has 0 bridgehead atoms. The molecule has 0 saturated carbocycles. The van der Waals surface area contributed by atoms with Gasteiger partial charge in [0.05, 0.1) is 7.11 Å². The van der Waals surface area contributed by atoms with Crippen molar-refractivity contribution < 1.29 is 14.3 Å². The van der Waals surface area contributed by atoms with E-state index in [1.54, 1.807) is 12.0 Å². The molecule has 7 nitrogen and oxygen atoms in total. The van der Waals surface area contributed by atoms with Gasteiger partial charge in [-0.15, -0.1) is 10.2 Å². The van der Waals surface area contributed by atoms with Crippen molar-refractivity contribution in [1.29, 1.82) is 0 Å². The Bertz CT molecular complexity index is 852. The predicted octanol–water partition coefficient (Wildman–Crippen LogP) is 4.36. The summed E-state index contributed by atoms with van der Waals surface area (Å²) in [7, 11) is 1.62. The molecule has 1 fully saturated rings. The Morgan fingerprint density at radius 3 is 2.70 bits per heavy atom. The summed E-state index contributed by atoms with van der Waals surface area (Å²) in [4.78, 5) is 27.7. The highest BCUT2D eigenvalue weighted by molar-refractivity contribution is 7.18. The lowest BCUT2D eigenvalue weighted by atomic mass is 9.97. The van der Waals surface area contributed by atoms with Gasteiger partial charge >= 0.3 is 0 Å². The van der Waals surface area contributed by atoms with Gasteiger partial charge in [-0.05, 0) is 49.9 Å². The molecule has 1 aromatic heterocycles. The number of carbonyl (C=O) groups is 2. The molecule has 8 heteroatoms. The Kier molecular flexibility index (Phi) is 7.79. The Balaban J connectivity index is 1.64. The molecule has 2 atom stereocenters. The predicted molar refractivity (Wildman–Crippen MR) is 119 cm³/mol. The second-order valence-corrected chi connectivity index (χ2v) is 8.54. The van der Waals surface area contributed by atoms with Crippen molar-refractivity contribution >= 4 is 28.3 Å². The van der Waals surface area contributed by atoms with Gasteiger partial charge in [0, 0.05) is 18.0 Å². The number of anilines is 1. The number of unbranched alkanes of at least 4 members (excludes halogenated alkanes) is 1. The fourth-order valence-corrected chi connectivity index (χ4v) is 4.56. The zero-order valence-corrected chi connectivity index (χ0v) is 18.7. The molecule has 1 aliphatic rings. The van der Waals surface area contributed by atoms with Gasteiger partial charge in [0.1, 0.15) is 16.8 Å². The molecular formula is C22H30N4O3S. The second-order valence-electron chi connectivity index (χ2n) is 7.57. The first-order valence-corrected chi connectivity index (χ1v) is 11.5. The third-order valence-corrected chi connectivity index (χ3v) is 6.47. The molecule has 2 unspecified atom stereocenters. The minimum atomic E-state index is -0.429. The summed E-state index contributed by atoms with van der Waals surface area (Å²) in [5.41, 5.74) is 0.910. The van der Waals surface area contributed by atoms with Crippen LogP contribution in [0.2, 0.25) is 0 Å². The van der Waals surface area contributed by atoms with Crippen LogP contribution < -0.4 is 10.1 Å². The lowest BCUT2D eigenvalue weighted by molar-refractivity contribution is -0.140. The Hall–Kier alpha value is -2.48. The molecule has 0 radical (unpaired) electrons. The highest BCUT2D eigenvalue weighted by atomic mass is 32.1. The van der Waals surface area contributed by atoms with Crippen LogP contribution in [0.25, 0.3) is 10.6 Å². The highest BCUT2D eigenvalue weighted by Crippen LogP contribution is 2.29. The fourth-order valence-electron chi connectivity index (χ4n) is 3.80. The van der Waals surface area contributed by atoms with Crippen LogP contribution in [0.5, 0.6) is 5.75 Å². The molecule has 2 amide bonds. The molecule has 3 rings (SSSR count). The number of hydrogen-bond donors (Lipinski definition) is 1. The van der Waals surface area contributed by atoms with E-state index >= 15 is 0 Å². The topological polar surface area (TPSA) is 84.4 Å². The number of aromatic nitrogens is 2. The number of rotatable bonds is 9. The van der Waals surface area contributed by atoms with Gasteiger partial charge < -0.3 is 9.64 Å². The number of benzene rings is 1. The van der Waals surface area contributed by atoms with E-state index in [2.05, 4.69) is 22.4 Å². The van der Waals surface area contributed by atoms with Crippen LogP contribution in [0.4, 0.5) is 5.13 Å². The van der Waals surface area contributed by atoms with Crippen molar-refractivity contribution in [2.75, 3.05) is 19.0 Å². The van der Waals surface area contributed by atoms with Crippen LogP contribution in [0, 0.1) is 5.92 Å². The number of likely N-dealkylation sites (tertiary alicyclic amines) is 1. The van der Waals surface area contributed by atoms with Crippen molar-refractivity contribution in [3.8, 4) is 16.3 Å². The summed E-state index contributed by atoms with van der Waals surface area (Å²) in [6, 6.07) is 7.10. The number of hydrogen-bond acceptors (Lipinski definition) is 6. The van der Waals surface area contributed by atoms with Crippen molar-refractivity contribution in [3.63, 3.8) is 0 Å².